The van der Waals surface area contributed by atoms with Crippen molar-refractivity contribution in [2.75, 3.05) is 5.73 Å². The van der Waals surface area contributed by atoms with Gasteiger partial charge >= 0.3 is 0 Å². The summed E-state index contributed by atoms with van der Waals surface area (Å²) in [5.74, 6) is 0.653. The summed E-state index contributed by atoms with van der Waals surface area (Å²) in [7, 11) is 0. The molecular weight excluding hydrogens is 398 g/mol. The van der Waals surface area contributed by atoms with Crippen LogP contribution >= 0.6 is 31.9 Å². The third-order valence-electron chi connectivity index (χ3n) is 3.01. The number of nitrogens with two attached hydrogens (primary N) is 1. The predicted octanol–water partition coefficient (Wildman–Crippen LogP) is 3.74. The lowest BCUT2D eigenvalue weighted by atomic mass is 10.2. The lowest BCUT2D eigenvalue weighted by molar-refractivity contribution is 0.786. The van der Waals surface area contributed by atoms with Crippen molar-refractivity contribution in [2.45, 2.75) is 6.92 Å². The molecule has 2 N–H and O–H groups in total. The maximum atomic E-state index is 5.72. The van der Waals surface area contributed by atoms with Crippen LogP contribution in [0.4, 0.5) is 5.69 Å². The van der Waals surface area contributed by atoms with Crippen molar-refractivity contribution in [2.24, 2.45) is 0 Å². The predicted molar refractivity (Wildman–Crippen MR) is 89.1 cm³/mol. The monoisotopic (exact) mass is 407 g/mol. The van der Waals surface area contributed by atoms with E-state index in [1.807, 2.05) is 43.3 Å². The summed E-state index contributed by atoms with van der Waals surface area (Å²) in [6, 6.07) is 11.5. The van der Waals surface area contributed by atoms with Crippen molar-refractivity contribution >= 4 is 37.5 Å². The summed E-state index contributed by atoms with van der Waals surface area (Å²) < 4.78 is 3.52. The van der Waals surface area contributed by atoms with Gasteiger partial charge in [-0.25, -0.2) is 0 Å². The molecule has 0 aliphatic rings. The fourth-order valence-electron chi connectivity index (χ4n) is 2.04. The fourth-order valence-corrected chi connectivity index (χ4v) is 3.80. The number of hydrogen-bond donors (Lipinski definition) is 1. The number of rotatable bonds is 2. The van der Waals surface area contributed by atoms with Crippen LogP contribution in [0.15, 0.2) is 45.3 Å². The molecule has 0 fully saturated rings. The molecule has 1 aromatic heterocycles. The number of benzene rings is 2. The summed E-state index contributed by atoms with van der Waals surface area (Å²) in [4.78, 5) is 0. The molecule has 3 rings (SSSR count). The second-order valence-corrected chi connectivity index (χ2v) is 6.32. The van der Waals surface area contributed by atoms with Crippen LogP contribution in [-0.4, -0.2) is 20.2 Å². The lowest BCUT2D eigenvalue weighted by Gasteiger charge is -2.10. The summed E-state index contributed by atoms with van der Waals surface area (Å²) in [5, 5.41) is 12.0. The molecule has 7 heteroatoms. The van der Waals surface area contributed by atoms with Crippen molar-refractivity contribution in [3.8, 4) is 17.1 Å². The molecule has 0 aliphatic heterocycles. The Balaban J connectivity index is 2.18. The van der Waals surface area contributed by atoms with Gasteiger partial charge in [0.1, 0.15) is 0 Å². The number of nitrogen functional groups attached to an aromatic ring is 1. The summed E-state index contributed by atoms with van der Waals surface area (Å²) in [5.41, 5.74) is 9.32. The van der Waals surface area contributed by atoms with Gasteiger partial charge in [-0.05, 0) is 91.2 Å². The van der Waals surface area contributed by atoms with E-state index in [0.29, 0.717) is 11.5 Å². The van der Waals surface area contributed by atoms with Gasteiger partial charge in [-0.15, -0.1) is 5.10 Å². The van der Waals surface area contributed by atoms with Crippen LogP contribution in [0.5, 0.6) is 0 Å². The Labute approximate surface area is 138 Å². The average molecular weight is 409 g/mol. The van der Waals surface area contributed by atoms with Crippen LogP contribution in [0.2, 0.25) is 0 Å². The lowest BCUT2D eigenvalue weighted by Crippen LogP contribution is -2.02. The molecule has 0 saturated heterocycles. The highest BCUT2D eigenvalue weighted by atomic mass is 79.9. The topological polar surface area (TPSA) is 69.6 Å². The molecule has 0 aliphatic carbocycles. The Morgan fingerprint density at radius 2 is 1.67 bits per heavy atom. The summed E-state index contributed by atoms with van der Waals surface area (Å²) in [6.45, 7) is 2.03. The molecule has 106 valence electrons. The SMILES string of the molecule is Cc1cc(Br)c(-n2nnnc2-c2ccc(N)cc2)c(Br)c1. The van der Waals surface area contributed by atoms with Gasteiger partial charge in [-0.1, -0.05) is 0 Å². The molecule has 2 aromatic carbocycles. The zero-order chi connectivity index (χ0) is 15.0. The van der Waals surface area contributed by atoms with E-state index >= 15 is 0 Å². The molecule has 0 bridgehead atoms. The highest BCUT2D eigenvalue weighted by Gasteiger charge is 2.16. The van der Waals surface area contributed by atoms with E-state index < -0.39 is 0 Å². The first kappa shape index (κ1) is 14.2. The fraction of sp³-hybridized carbons (Fsp3) is 0.0714. The Morgan fingerprint density at radius 1 is 1.05 bits per heavy atom. The van der Waals surface area contributed by atoms with E-state index in [-0.39, 0.29) is 0 Å². The molecule has 0 saturated carbocycles. The molecule has 3 aromatic rings. The molecule has 1 heterocycles. The third-order valence-corrected chi connectivity index (χ3v) is 4.22. The van der Waals surface area contributed by atoms with Crippen LogP contribution < -0.4 is 5.73 Å². The second-order valence-electron chi connectivity index (χ2n) is 4.61. The van der Waals surface area contributed by atoms with E-state index in [9.17, 15) is 0 Å². The normalized spacial score (nSPS) is 10.8. The summed E-state index contributed by atoms with van der Waals surface area (Å²) in [6.07, 6.45) is 0. The molecule has 0 unspecified atom stereocenters. The van der Waals surface area contributed by atoms with Crippen LogP contribution in [-0.2, 0) is 0 Å². The highest BCUT2D eigenvalue weighted by Crippen LogP contribution is 2.32. The number of tetrazole rings is 1. The molecule has 0 atom stereocenters. The maximum absolute atomic E-state index is 5.72. The zero-order valence-corrected chi connectivity index (χ0v) is 14.3. The summed E-state index contributed by atoms with van der Waals surface area (Å²) >= 11 is 7.14. The standard InChI is InChI=1S/C14H11Br2N5/c1-8-6-11(15)13(12(16)7-8)21-14(18-19-20-21)9-2-4-10(17)5-3-9/h2-7H,17H2,1H3. The Bertz CT molecular complexity index is 772. The maximum Gasteiger partial charge on any atom is 0.187 e. The molecular formula is C14H11Br2N5. The van der Waals surface area contributed by atoms with Gasteiger partial charge < -0.3 is 5.73 Å². The molecule has 0 amide bonds. The van der Waals surface area contributed by atoms with Crippen LogP contribution in [0.25, 0.3) is 17.1 Å². The van der Waals surface area contributed by atoms with Gasteiger partial charge in [-0.3, -0.25) is 0 Å². The number of halogens is 2. The van der Waals surface area contributed by atoms with Crippen LogP contribution in [0, 0.1) is 6.92 Å². The minimum absolute atomic E-state index is 0.653. The second kappa shape index (κ2) is 5.57. The molecule has 0 spiro atoms. The first-order chi connectivity index (χ1) is 10.1. The van der Waals surface area contributed by atoms with Crippen molar-refractivity contribution in [3.63, 3.8) is 0 Å². The van der Waals surface area contributed by atoms with E-state index in [1.54, 1.807) is 4.68 Å². The third kappa shape index (κ3) is 2.71. The number of aromatic nitrogens is 4. The largest absolute Gasteiger partial charge is 0.399 e. The highest BCUT2D eigenvalue weighted by molar-refractivity contribution is 9.11. The van der Waals surface area contributed by atoms with Crippen molar-refractivity contribution < 1.29 is 0 Å². The quantitative estimate of drug-likeness (QED) is 0.655. The Morgan fingerprint density at radius 3 is 2.29 bits per heavy atom. The van der Waals surface area contributed by atoms with E-state index in [0.717, 1.165) is 25.8 Å². The molecule has 21 heavy (non-hydrogen) atoms. The van der Waals surface area contributed by atoms with Gasteiger partial charge in [-0.2, -0.15) is 4.68 Å². The van der Waals surface area contributed by atoms with Crippen molar-refractivity contribution in [1.29, 1.82) is 0 Å². The van der Waals surface area contributed by atoms with Gasteiger partial charge in [0.05, 0.1) is 5.69 Å². The smallest absolute Gasteiger partial charge is 0.187 e. The zero-order valence-electron chi connectivity index (χ0n) is 11.1. The van der Waals surface area contributed by atoms with Crippen LogP contribution in [0.3, 0.4) is 0 Å². The van der Waals surface area contributed by atoms with Gasteiger partial charge in [0, 0.05) is 20.2 Å². The van der Waals surface area contributed by atoms with Crippen LogP contribution in [0.1, 0.15) is 5.56 Å². The Kier molecular flexibility index (Phi) is 3.77. The van der Waals surface area contributed by atoms with E-state index in [4.69, 9.17) is 5.73 Å². The average Bonchev–Trinajstić information content (AvgIpc) is 2.87. The van der Waals surface area contributed by atoms with Gasteiger partial charge in [0.15, 0.2) is 5.82 Å². The number of anilines is 1. The van der Waals surface area contributed by atoms with Crippen molar-refractivity contribution in [1.82, 2.24) is 20.2 Å². The number of hydrogen-bond acceptors (Lipinski definition) is 4. The van der Waals surface area contributed by atoms with Crippen molar-refractivity contribution in [3.05, 3.63) is 50.9 Å². The number of nitrogens with zero attached hydrogens (tertiary/aromatic N) is 4. The molecule has 5 nitrogen and oxygen atoms in total. The van der Waals surface area contributed by atoms with E-state index in [1.165, 1.54) is 0 Å². The minimum Gasteiger partial charge on any atom is -0.399 e. The number of aryl methyl sites for hydroxylation is 1. The minimum atomic E-state index is 0.653. The van der Waals surface area contributed by atoms with Gasteiger partial charge in [0.2, 0.25) is 0 Å². The first-order valence-corrected chi connectivity index (χ1v) is 7.75. The van der Waals surface area contributed by atoms with Gasteiger partial charge in [0.25, 0.3) is 0 Å². The first-order valence-electron chi connectivity index (χ1n) is 6.16. The molecule has 0 radical (unpaired) electrons. The Hall–Kier alpha value is -1.73. The van der Waals surface area contributed by atoms with E-state index in [2.05, 4.69) is 47.4 Å².